The Hall–Kier alpha value is -1.43. The standard InChI is InChI=1S/C14H15BrFNO3/c15-11-3-4-12(16)10(6-11)7-17-13(18)8-1-2-9(5-8)14(19)20/h3-4,6,8-9H,1-2,5,7H2,(H,17,18)(H,19,20)/t8-,9+/m1/s1. The summed E-state index contributed by atoms with van der Waals surface area (Å²) >= 11 is 3.25. The van der Waals surface area contributed by atoms with Crippen molar-refractivity contribution in [2.24, 2.45) is 11.8 Å². The van der Waals surface area contributed by atoms with Crippen LogP contribution in [0.5, 0.6) is 0 Å². The molecule has 1 saturated carbocycles. The number of rotatable bonds is 4. The van der Waals surface area contributed by atoms with Crippen LogP contribution in [-0.4, -0.2) is 17.0 Å². The van der Waals surface area contributed by atoms with Crippen molar-refractivity contribution in [1.29, 1.82) is 0 Å². The second kappa shape index (κ2) is 6.35. The molecule has 1 aliphatic rings. The molecule has 6 heteroatoms. The van der Waals surface area contributed by atoms with Crippen molar-refractivity contribution in [3.8, 4) is 0 Å². The Balaban J connectivity index is 1.90. The fourth-order valence-corrected chi connectivity index (χ4v) is 2.86. The molecule has 0 bridgehead atoms. The van der Waals surface area contributed by atoms with Crippen molar-refractivity contribution in [3.63, 3.8) is 0 Å². The molecule has 1 aromatic rings. The van der Waals surface area contributed by atoms with Crippen molar-refractivity contribution in [1.82, 2.24) is 5.32 Å². The van der Waals surface area contributed by atoms with Gasteiger partial charge in [0.15, 0.2) is 0 Å². The quantitative estimate of drug-likeness (QED) is 0.883. The second-order valence-electron chi connectivity index (χ2n) is 5.00. The highest BCUT2D eigenvalue weighted by atomic mass is 79.9. The fourth-order valence-electron chi connectivity index (χ4n) is 2.45. The molecule has 2 N–H and O–H groups in total. The van der Waals surface area contributed by atoms with Gasteiger partial charge in [-0.05, 0) is 37.5 Å². The zero-order valence-corrected chi connectivity index (χ0v) is 12.3. The summed E-state index contributed by atoms with van der Waals surface area (Å²) in [6.07, 6.45) is 1.46. The van der Waals surface area contributed by atoms with Crippen LogP contribution in [0.25, 0.3) is 0 Å². The van der Waals surface area contributed by atoms with E-state index in [4.69, 9.17) is 5.11 Å². The Labute approximate surface area is 124 Å². The lowest BCUT2D eigenvalue weighted by atomic mass is 10.0. The van der Waals surface area contributed by atoms with Crippen LogP contribution in [-0.2, 0) is 16.1 Å². The average Bonchev–Trinajstić information content (AvgIpc) is 2.89. The maximum absolute atomic E-state index is 13.5. The van der Waals surface area contributed by atoms with Gasteiger partial charge in [0, 0.05) is 22.5 Å². The molecular formula is C14H15BrFNO3. The van der Waals surface area contributed by atoms with Crippen molar-refractivity contribution in [2.75, 3.05) is 0 Å². The first-order valence-electron chi connectivity index (χ1n) is 6.42. The lowest BCUT2D eigenvalue weighted by Gasteiger charge is -2.11. The first-order valence-corrected chi connectivity index (χ1v) is 7.21. The van der Waals surface area contributed by atoms with Gasteiger partial charge in [-0.2, -0.15) is 0 Å². The number of benzene rings is 1. The molecule has 20 heavy (non-hydrogen) atoms. The molecule has 0 heterocycles. The molecule has 1 aromatic carbocycles. The van der Waals surface area contributed by atoms with Crippen LogP contribution in [0.15, 0.2) is 22.7 Å². The van der Waals surface area contributed by atoms with Gasteiger partial charge in [-0.15, -0.1) is 0 Å². The third-order valence-corrected chi connectivity index (χ3v) is 4.11. The predicted octanol–water partition coefficient (Wildman–Crippen LogP) is 2.71. The van der Waals surface area contributed by atoms with E-state index >= 15 is 0 Å². The monoisotopic (exact) mass is 343 g/mol. The lowest BCUT2D eigenvalue weighted by Crippen LogP contribution is -2.29. The van der Waals surface area contributed by atoms with Gasteiger partial charge in [-0.1, -0.05) is 15.9 Å². The summed E-state index contributed by atoms with van der Waals surface area (Å²) in [5, 5.41) is 11.6. The first kappa shape index (κ1) is 15.0. The number of carboxylic acids is 1. The van der Waals surface area contributed by atoms with E-state index in [2.05, 4.69) is 21.2 Å². The molecule has 0 aromatic heterocycles. The summed E-state index contributed by atoms with van der Waals surface area (Å²) in [4.78, 5) is 22.8. The molecule has 1 aliphatic carbocycles. The van der Waals surface area contributed by atoms with Gasteiger partial charge >= 0.3 is 5.97 Å². The SMILES string of the molecule is O=C(O)[C@H]1CC[C@@H](C(=O)NCc2cc(Br)ccc2F)C1. The van der Waals surface area contributed by atoms with E-state index in [1.54, 1.807) is 12.1 Å². The molecule has 4 nitrogen and oxygen atoms in total. The van der Waals surface area contributed by atoms with Gasteiger partial charge < -0.3 is 10.4 Å². The summed E-state index contributed by atoms with van der Waals surface area (Å²) in [6.45, 7) is 0.109. The molecule has 2 rings (SSSR count). The number of nitrogens with one attached hydrogen (secondary N) is 1. The molecular weight excluding hydrogens is 329 g/mol. The van der Waals surface area contributed by atoms with Gasteiger partial charge in [0.1, 0.15) is 5.82 Å². The Bertz CT molecular complexity index is 535. The average molecular weight is 344 g/mol. The van der Waals surface area contributed by atoms with E-state index in [9.17, 15) is 14.0 Å². The number of amides is 1. The molecule has 108 valence electrons. The second-order valence-corrected chi connectivity index (χ2v) is 5.91. The minimum atomic E-state index is -0.849. The minimum Gasteiger partial charge on any atom is -0.481 e. The van der Waals surface area contributed by atoms with Gasteiger partial charge in [0.2, 0.25) is 5.91 Å². The number of hydrogen-bond acceptors (Lipinski definition) is 2. The molecule has 0 spiro atoms. The van der Waals surface area contributed by atoms with Crippen molar-refractivity contribution in [3.05, 3.63) is 34.1 Å². The zero-order valence-electron chi connectivity index (χ0n) is 10.7. The van der Waals surface area contributed by atoms with E-state index in [1.165, 1.54) is 6.07 Å². The van der Waals surface area contributed by atoms with E-state index in [-0.39, 0.29) is 24.2 Å². The highest BCUT2D eigenvalue weighted by molar-refractivity contribution is 9.10. The third-order valence-electron chi connectivity index (χ3n) is 3.61. The summed E-state index contributed by atoms with van der Waals surface area (Å²) in [5.74, 6) is -2.14. The van der Waals surface area contributed by atoms with E-state index in [1.807, 2.05) is 0 Å². The Morgan fingerprint density at radius 1 is 1.35 bits per heavy atom. The number of halogens is 2. The van der Waals surface area contributed by atoms with Crippen molar-refractivity contribution in [2.45, 2.75) is 25.8 Å². The topological polar surface area (TPSA) is 66.4 Å². The van der Waals surface area contributed by atoms with Crippen molar-refractivity contribution >= 4 is 27.8 Å². The number of carbonyl (C=O) groups excluding carboxylic acids is 1. The van der Waals surface area contributed by atoms with E-state index < -0.39 is 11.9 Å². The number of aliphatic carboxylic acids is 1. The van der Waals surface area contributed by atoms with Gasteiger partial charge in [0.25, 0.3) is 0 Å². The molecule has 2 atom stereocenters. The Morgan fingerprint density at radius 3 is 2.70 bits per heavy atom. The first-order chi connectivity index (χ1) is 9.47. The van der Waals surface area contributed by atoms with Crippen LogP contribution in [0.4, 0.5) is 4.39 Å². The van der Waals surface area contributed by atoms with Crippen LogP contribution in [0.3, 0.4) is 0 Å². The summed E-state index contributed by atoms with van der Waals surface area (Å²) in [7, 11) is 0. The van der Waals surface area contributed by atoms with Gasteiger partial charge in [-0.3, -0.25) is 9.59 Å². The maximum atomic E-state index is 13.5. The summed E-state index contributed by atoms with van der Waals surface area (Å²) < 4.78 is 14.3. The van der Waals surface area contributed by atoms with Crippen molar-refractivity contribution < 1.29 is 19.1 Å². The summed E-state index contributed by atoms with van der Waals surface area (Å²) in [6, 6.07) is 4.54. The molecule has 1 fully saturated rings. The van der Waals surface area contributed by atoms with Crippen LogP contribution in [0.1, 0.15) is 24.8 Å². The van der Waals surface area contributed by atoms with Crippen LogP contribution in [0, 0.1) is 17.7 Å². The Morgan fingerprint density at radius 2 is 2.05 bits per heavy atom. The zero-order chi connectivity index (χ0) is 14.7. The van der Waals surface area contributed by atoms with Crippen LogP contribution >= 0.6 is 15.9 Å². The smallest absolute Gasteiger partial charge is 0.306 e. The third kappa shape index (κ3) is 3.56. The number of hydrogen-bond donors (Lipinski definition) is 2. The number of carbonyl (C=O) groups is 2. The highest BCUT2D eigenvalue weighted by Crippen LogP contribution is 2.31. The van der Waals surface area contributed by atoms with E-state index in [0.717, 1.165) is 4.47 Å². The van der Waals surface area contributed by atoms with Crippen LogP contribution in [0.2, 0.25) is 0 Å². The predicted molar refractivity (Wildman–Crippen MR) is 74.4 cm³/mol. The largest absolute Gasteiger partial charge is 0.481 e. The van der Waals surface area contributed by atoms with Crippen LogP contribution < -0.4 is 5.32 Å². The highest BCUT2D eigenvalue weighted by Gasteiger charge is 2.33. The molecule has 0 saturated heterocycles. The maximum Gasteiger partial charge on any atom is 0.306 e. The fraction of sp³-hybridized carbons (Fsp3) is 0.429. The summed E-state index contributed by atoms with van der Waals surface area (Å²) in [5.41, 5.74) is 0.403. The molecule has 0 aliphatic heterocycles. The van der Waals surface area contributed by atoms with Gasteiger partial charge in [0.05, 0.1) is 5.92 Å². The molecule has 1 amide bonds. The normalized spacial score (nSPS) is 21.7. The van der Waals surface area contributed by atoms with Gasteiger partial charge in [-0.25, -0.2) is 4.39 Å². The van der Waals surface area contributed by atoms with E-state index in [0.29, 0.717) is 24.8 Å². The Kier molecular flexibility index (Phi) is 4.75. The lowest BCUT2D eigenvalue weighted by molar-refractivity contribution is -0.141. The molecule has 0 radical (unpaired) electrons. The number of carboxylic acid groups (broad SMARTS) is 1. The minimum absolute atomic E-state index is 0.109. The molecule has 0 unspecified atom stereocenters.